The van der Waals surface area contributed by atoms with Crippen LogP contribution in [0.1, 0.15) is 35.4 Å². The summed E-state index contributed by atoms with van der Waals surface area (Å²) in [6.07, 6.45) is 2.77. The molecule has 2 rings (SSSR count). The molecule has 2 heterocycles. The van der Waals surface area contributed by atoms with Gasteiger partial charge in [0.2, 0.25) is 5.91 Å². The van der Waals surface area contributed by atoms with E-state index in [9.17, 15) is 9.59 Å². The minimum atomic E-state index is -1.05. The molecular weight excluding hydrogens is 246 g/mol. The first-order valence-corrected chi connectivity index (χ1v) is 6.30. The van der Waals surface area contributed by atoms with Gasteiger partial charge in [0, 0.05) is 6.54 Å². The Hall–Kier alpha value is -1.95. The SMILES string of the molecule is NC(=O)C1CCCCN1Cc1cccc(C(=O)O)n1. The summed E-state index contributed by atoms with van der Waals surface area (Å²) in [4.78, 5) is 28.3. The van der Waals surface area contributed by atoms with E-state index >= 15 is 0 Å². The fourth-order valence-electron chi connectivity index (χ4n) is 2.40. The highest BCUT2D eigenvalue weighted by Gasteiger charge is 2.27. The standard InChI is InChI=1S/C13H17N3O3/c14-12(17)11-6-1-2-7-16(11)8-9-4-3-5-10(15-9)13(18)19/h3-5,11H,1-2,6-8H2,(H2,14,17)(H,18,19). The van der Waals surface area contributed by atoms with E-state index in [2.05, 4.69) is 4.98 Å². The van der Waals surface area contributed by atoms with Crippen molar-refractivity contribution >= 4 is 11.9 Å². The monoisotopic (exact) mass is 263 g/mol. The Morgan fingerprint density at radius 2 is 2.21 bits per heavy atom. The number of carbonyl (C=O) groups excluding carboxylic acids is 1. The van der Waals surface area contributed by atoms with E-state index in [0.29, 0.717) is 12.2 Å². The van der Waals surface area contributed by atoms with Crippen molar-refractivity contribution in [3.8, 4) is 0 Å². The predicted molar refractivity (Wildman–Crippen MR) is 68.4 cm³/mol. The molecular formula is C13H17N3O3. The highest BCUT2D eigenvalue weighted by molar-refractivity contribution is 5.85. The number of hydrogen-bond acceptors (Lipinski definition) is 4. The average Bonchev–Trinajstić information content (AvgIpc) is 2.39. The molecule has 6 heteroatoms. The molecule has 1 aliphatic heterocycles. The van der Waals surface area contributed by atoms with Crippen LogP contribution in [0.2, 0.25) is 0 Å². The van der Waals surface area contributed by atoms with Crippen LogP contribution < -0.4 is 5.73 Å². The highest BCUT2D eigenvalue weighted by atomic mass is 16.4. The number of carbonyl (C=O) groups is 2. The van der Waals surface area contributed by atoms with E-state index in [1.807, 2.05) is 4.90 Å². The minimum Gasteiger partial charge on any atom is -0.477 e. The third-order valence-corrected chi connectivity index (χ3v) is 3.33. The number of nitrogens with zero attached hydrogens (tertiary/aromatic N) is 2. The zero-order valence-electron chi connectivity index (χ0n) is 10.6. The molecule has 1 aromatic rings. The van der Waals surface area contributed by atoms with E-state index < -0.39 is 5.97 Å². The molecule has 1 fully saturated rings. The third-order valence-electron chi connectivity index (χ3n) is 3.33. The smallest absolute Gasteiger partial charge is 0.354 e. The molecule has 1 amide bonds. The zero-order valence-corrected chi connectivity index (χ0v) is 10.6. The molecule has 1 saturated heterocycles. The van der Waals surface area contributed by atoms with Crippen LogP contribution in [0.25, 0.3) is 0 Å². The summed E-state index contributed by atoms with van der Waals surface area (Å²) in [6.45, 7) is 1.24. The lowest BCUT2D eigenvalue weighted by molar-refractivity contribution is -0.124. The number of primary amides is 1. The molecule has 0 aromatic carbocycles. The first-order valence-electron chi connectivity index (χ1n) is 6.30. The average molecular weight is 263 g/mol. The van der Waals surface area contributed by atoms with Crippen molar-refractivity contribution in [1.82, 2.24) is 9.88 Å². The Labute approximate surface area is 111 Å². The molecule has 0 radical (unpaired) electrons. The summed E-state index contributed by atoms with van der Waals surface area (Å²) >= 11 is 0. The van der Waals surface area contributed by atoms with E-state index in [0.717, 1.165) is 25.8 Å². The maximum atomic E-state index is 11.4. The maximum Gasteiger partial charge on any atom is 0.354 e. The van der Waals surface area contributed by atoms with Gasteiger partial charge in [-0.2, -0.15) is 0 Å². The van der Waals surface area contributed by atoms with E-state index in [4.69, 9.17) is 10.8 Å². The first kappa shape index (κ1) is 13.5. The highest BCUT2D eigenvalue weighted by Crippen LogP contribution is 2.18. The van der Waals surface area contributed by atoms with Gasteiger partial charge >= 0.3 is 5.97 Å². The van der Waals surface area contributed by atoms with Crippen molar-refractivity contribution in [3.05, 3.63) is 29.6 Å². The lowest BCUT2D eigenvalue weighted by Crippen LogP contribution is -2.47. The Balaban J connectivity index is 2.12. The van der Waals surface area contributed by atoms with E-state index in [1.165, 1.54) is 6.07 Å². The molecule has 1 atom stereocenters. The van der Waals surface area contributed by atoms with Crippen LogP contribution in [-0.4, -0.2) is 39.5 Å². The molecule has 19 heavy (non-hydrogen) atoms. The second kappa shape index (κ2) is 5.79. The quantitative estimate of drug-likeness (QED) is 0.830. The number of aromatic nitrogens is 1. The summed E-state index contributed by atoms with van der Waals surface area (Å²) < 4.78 is 0. The number of carboxylic acids is 1. The topological polar surface area (TPSA) is 96.5 Å². The molecule has 0 aliphatic carbocycles. The van der Waals surface area contributed by atoms with Crippen molar-refractivity contribution in [2.45, 2.75) is 31.8 Å². The fraction of sp³-hybridized carbons (Fsp3) is 0.462. The number of carboxylic acid groups (broad SMARTS) is 1. The fourth-order valence-corrected chi connectivity index (χ4v) is 2.40. The predicted octanol–water partition coefficient (Wildman–Crippen LogP) is 0.620. The molecule has 0 saturated carbocycles. The number of hydrogen-bond donors (Lipinski definition) is 2. The molecule has 1 unspecified atom stereocenters. The van der Waals surface area contributed by atoms with Gasteiger partial charge in [0.1, 0.15) is 5.69 Å². The summed E-state index contributed by atoms with van der Waals surface area (Å²) in [5, 5.41) is 8.91. The normalized spacial score (nSPS) is 20.1. The molecule has 3 N–H and O–H groups in total. The van der Waals surface area contributed by atoms with Gasteiger partial charge in [0.25, 0.3) is 0 Å². The number of likely N-dealkylation sites (tertiary alicyclic amines) is 1. The van der Waals surface area contributed by atoms with Gasteiger partial charge in [-0.05, 0) is 31.5 Å². The number of rotatable bonds is 4. The van der Waals surface area contributed by atoms with Gasteiger partial charge < -0.3 is 10.8 Å². The molecule has 1 aliphatic rings. The van der Waals surface area contributed by atoms with Crippen LogP contribution in [0, 0.1) is 0 Å². The van der Waals surface area contributed by atoms with E-state index in [-0.39, 0.29) is 17.6 Å². The lowest BCUT2D eigenvalue weighted by atomic mass is 10.0. The molecule has 0 bridgehead atoms. The first-order chi connectivity index (χ1) is 9.08. The van der Waals surface area contributed by atoms with Crippen molar-refractivity contribution < 1.29 is 14.7 Å². The second-order valence-electron chi connectivity index (χ2n) is 4.70. The zero-order chi connectivity index (χ0) is 13.8. The minimum absolute atomic E-state index is 0.0186. The number of piperidine rings is 1. The van der Waals surface area contributed by atoms with Gasteiger partial charge in [-0.1, -0.05) is 12.5 Å². The Kier molecular flexibility index (Phi) is 4.11. The number of pyridine rings is 1. The molecule has 6 nitrogen and oxygen atoms in total. The molecule has 1 aromatic heterocycles. The van der Waals surface area contributed by atoms with Crippen LogP contribution in [0.15, 0.2) is 18.2 Å². The summed E-state index contributed by atoms with van der Waals surface area (Å²) in [5.41, 5.74) is 6.06. The number of aromatic carboxylic acids is 1. The molecule has 0 spiro atoms. The lowest BCUT2D eigenvalue weighted by Gasteiger charge is -2.33. The number of nitrogens with two attached hydrogens (primary N) is 1. The van der Waals surface area contributed by atoms with Crippen LogP contribution in [0.3, 0.4) is 0 Å². The Morgan fingerprint density at radius 1 is 1.42 bits per heavy atom. The summed E-state index contributed by atoms with van der Waals surface area (Å²) in [6, 6.07) is 4.60. The van der Waals surface area contributed by atoms with Gasteiger partial charge in [-0.25, -0.2) is 9.78 Å². The van der Waals surface area contributed by atoms with E-state index in [1.54, 1.807) is 12.1 Å². The van der Waals surface area contributed by atoms with Crippen LogP contribution in [0.5, 0.6) is 0 Å². The Bertz CT molecular complexity index is 490. The summed E-state index contributed by atoms with van der Waals surface area (Å²) in [5.74, 6) is -1.37. The van der Waals surface area contributed by atoms with Gasteiger partial charge in [0.15, 0.2) is 0 Å². The van der Waals surface area contributed by atoms with Crippen molar-refractivity contribution in [1.29, 1.82) is 0 Å². The van der Waals surface area contributed by atoms with Crippen LogP contribution >= 0.6 is 0 Å². The molecule has 102 valence electrons. The third kappa shape index (κ3) is 3.29. The number of amides is 1. The van der Waals surface area contributed by atoms with Gasteiger partial charge in [-0.15, -0.1) is 0 Å². The summed E-state index contributed by atoms with van der Waals surface area (Å²) in [7, 11) is 0. The van der Waals surface area contributed by atoms with Crippen molar-refractivity contribution in [2.24, 2.45) is 5.73 Å². The van der Waals surface area contributed by atoms with Gasteiger partial charge in [-0.3, -0.25) is 9.69 Å². The van der Waals surface area contributed by atoms with Crippen molar-refractivity contribution in [2.75, 3.05) is 6.54 Å². The second-order valence-corrected chi connectivity index (χ2v) is 4.70. The largest absolute Gasteiger partial charge is 0.477 e. The van der Waals surface area contributed by atoms with Crippen LogP contribution in [0.4, 0.5) is 0 Å². The van der Waals surface area contributed by atoms with Gasteiger partial charge in [0.05, 0.1) is 11.7 Å². The maximum absolute atomic E-state index is 11.4. The van der Waals surface area contributed by atoms with Crippen LogP contribution in [-0.2, 0) is 11.3 Å². The van der Waals surface area contributed by atoms with Crippen molar-refractivity contribution in [3.63, 3.8) is 0 Å². The Morgan fingerprint density at radius 3 is 2.89 bits per heavy atom.